The standard InChI is InChI=1S/C20H19FN4O/c21-15-7-9-16(10-8-15)25-18-6-2-1-5-17(18)19(24-25)20(26)23-13-14-4-3-11-22-12-14/h3-4,7-12H,1-2,5-6,13H2,(H,23,26). The van der Waals surface area contributed by atoms with Crippen LogP contribution in [0, 0.1) is 5.82 Å². The van der Waals surface area contributed by atoms with E-state index in [1.807, 2.05) is 12.1 Å². The predicted octanol–water partition coefficient (Wildman–Crippen LogP) is 3.22. The average molecular weight is 350 g/mol. The lowest BCUT2D eigenvalue weighted by atomic mass is 9.95. The molecule has 3 aromatic rings. The van der Waals surface area contributed by atoms with Gasteiger partial charge in [0.2, 0.25) is 0 Å². The van der Waals surface area contributed by atoms with Crippen LogP contribution in [-0.4, -0.2) is 20.7 Å². The van der Waals surface area contributed by atoms with E-state index < -0.39 is 0 Å². The van der Waals surface area contributed by atoms with E-state index in [4.69, 9.17) is 0 Å². The van der Waals surface area contributed by atoms with Crippen molar-refractivity contribution >= 4 is 5.91 Å². The second kappa shape index (κ2) is 7.07. The van der Waals surface area contributed by atoms with E-state index in [1.54, 1.807) is 29.2 Å². The number of benzene rings is 1. The number of fused-ring (bicyclic) bond motifs is 1. The minimum atomic E-state index is -0.288. The molecule has 2 aromatic heterocycles. The number of nitrogens with zero attached hydrogens (tertiary/aromatic N) is 3. The molecule has 0 atom stereocenters. The zero-order valence-electron chi connectivity index (χ0n) is 14.3. The Kier molecular flexibility index (Phi) is 4.48. The lowest BCUT2D eigenvalue weighted by Crippen LogP contribution is -2.24. The van der Waals surface area contributed by atoms with Gasteiger partial charge in [-0.3, -0.25) is 9.78 Å². The van der Waals surface area contributed by atoms with Crippen molar-refractivity contribution in [2.45, 2.75) is 32.2 Å². The third-order valence-corrected chi connectivity index (χ3v) is 4.64. The van der Waals surface area contributed by atoms with E-state index in [0.717, 1.165) is 48.2 Å². The number of pyridine rings is 1. The van der Waals surface area contributed by atoms with Gasteiger partial charge in [-0.25, -0.2) is 9.07 Å². The molecule has 4 rings (SSSR count). The van der Waals surface area contributed by atoms with Crippen molar-refractivity contribution in [1.82, 2.24) is 20.1 Å². The van der Waals surface area contributed by atoms with Gasteiger partial charge in [0, 0.05) is 30.2 Å². The van der Waals surface area contributed by atoms with E-state index in [9.17, 15) is 9.18 Å². The lowest BCUT2D eigenvalue weighted by molar-refractivity contribution is 0.0944. The first-order valence-electron chi connectivity index (χ1n) is 8.76. The van der Waals surface area contributed by atoms with Gasteiger partial charge >= 0.3 is 0 Å². The molecule has 26 heavy (non-hydrogen) atoms. The van der Waals surface area contributed by atoms with Gasteiger partial charge in [0.25, 0.3) is 5.91 Å². The van der Waals surface area contributed by atoms with Crippen LogP contribution in [0.3, 0.4) is 0 Å². The van der Waals surface area contributed by atoms with Gasteiger partial charge in [-0.05, 0) is 61.6 Å². The van der Waals surface area contributed by atoms with Crippen LogP contribution in [0.2, 0.25) is 0 Å². The normalized spacial score (nSPS) is 13.3. The molecule has 6 heteroatoms. The molecule has 0 unspecified atom stereocenters. The van der Waals surface area contributed by atoms with Crippen molar-refractivity contribution in [3.63, 3.8) is 0 Å². The first kappa shape index (κ1) is 16.4. The molecule has 5 nitrogen and oxygen atoms in total. The van der Waals surface area contributed by atoms with Crippen LogP contribution in [0.1, 0.15) is 40.2 Å². The Bertz CT molecular complexity index is 919. The van der Waals surface area contributed by atoms with Gasteiger partial charge in [-0.2, -0.15) is 5.10 Å². The van der Waals surface area contributed by atoms with Crippen molar-refractivity contribution < 1.29 is 9.18 Å². The van der Waals surface area contributed by atoms with Crippen LogP contribution in [0.5, 0.6) is 0 Å². The molecule has 1 aromatic carbocycles. The maximum absolute atomic E-state index is 13.2. The van der Waals surface area contributed by atoms with E-state index in [-0.39, 0.29) is 11.7 Å². The Morgan fingerprint density at radius 3 is 2.73 bits per heavy atom. The van der Waals surface area contributed by atoms with E-state index in [2.05, 4.69) is 15.4 Å². The summed E-state index contributed by atoms with van der Waals surface area (Å²) in [7, 11) is 0. The molecule has 2 heterocycles. The van der Waals surface area contributed by atoms with Crippen molar-refractivity contribution in [1.29, 1.82) is 0 Å². The van der Waals surface area contributed by atoms with Crippen LogP contribution in [0.25, 0.3) is 5.69 Å². The molecule has 0 radical (unpaired) electrons. The van der Waals surface area contributed by atoms with Crippen molar-refractivity contribution in [2.24, 2.45) is 0 Å². The number of hydrogen-bond acceptors (Lipinski definition) is 3. The summed E-state index contributed by atoms with van der Waals surface area (Å²) in [6.45, 7) is 0.408. The summed E-state index contributed by atoms with van der Waals surface area (Å²) in [4.78, 5) is 16.8. The Hall–Kier alpha value is -3.02. The fourth-order valence-corrected chi connectivity index (χ4v) is 3.35. The fraction of sp³-hybridized carbons (Fsp3) is 0.250. The fourth-order valence-electron chi connectivity index (χ4n) is 3.35. The molecule has 1 aliphatic carbocycles. The van der Waals surface area contributed by atoms with Gasteiger partial charge < -0.3 is 5.32 Å². The lowest BCUT2D eigenvalue weighted by Gasteiger charge is -2.14. The highest BCUT2D eigenvalue weighted by Gasteiger charge is 2.25. The number of amides is 1. The van der Waals surface area contributed by atoms with Crippen LogP contribution < -0.4 is 5.32 Å². The smallest absolute Gasteiger partial charge is 0.272 e. The molecule has 1 aliphatic rings. The van der Waals surface area contributed by atoms with Crippen LogP contribution in [0.4, 0.5) is 4.39 Å². The molecular weight excluding hydrogens is 331 g/mol. The Morgan fingerprint density at radius 2 is 1.96 bits per heavy atom. The summed E-state index contributed by atoms with van der Waals surface area (Å²) < 4.78 is 15.0. The number of aromatic nitrogens is 3. The number of nitrogens with one attached hydrogen (secondary N) is 1. The number of carbonyl (C=O) groups excluding carboxylic acids is 1. The number of carbonyl (C=O) groups is 1. The molecule has 0 spiro atoms. The zero-order chi connectivity index (χ0) is 17.9. The SMILES string of the molecule is O=C(NCc1cccnc1)c1nn(-c2ccc(F)cc2)c2c1CCCC2. The minimum Gasteiger partial charge on any atom is -0.346 e. The van der Waals surface area contributed by atoms with Crippen LogP contribution >= 0.6 is 0 Å². The molecule has 1 N–H and O–H groups in total. The molecule has 1 amide bonds. The molecule has 132 valence electrons. The van der Waals surface area contributed by atoms with Gasteiger partial charge in [0.1, 0.15) is 5.82 Å². The Labute approximate surface area is 150 Å². The third kappa shape index (κ3) is 3.22. The summed E-state index contributed by atoms with van der Waals surface area (Å²) >= 11 is 0. The Morgan fingerprint density at radius 1 is 1.15 bits per heavy atom. The minimum absolute atomic E-state index is 0.187. The predicted molar refractivity (Wildman–Crippen MR) is 95.6 cm³/mol. The highest BCUT2D eigenvalue weighted by Crippen LogP contribution is 2.27. The monoisotopic (exact) mass is 350 g/mol. The van der Waals surface area contributed by atoms with Gasteiger partial charge in [0.05, 0.1) is 5.69 Å². The molecule has 0 fully saturated rings. The van der Waals surface area contributed by atoms with E-state index >= 15 is 0 Å². The molecule has 0 bridgehead atoms. The number of hydrogen-bond donors (Lipinski definition) is 1. The second-order valence-corrected chi connectivity index (χ2v) is 6.41. The van der Waals surface area contributed by atoms with Crippen molar-refractivity contribution in [3.05, 3.63) is 77.1 Å². The van der Waals surface area contributed by atoms with Gasteiger partial charge in [-0.1, -0.05) is 6.07 Å². The van der Waals surface area contributed by atoms with Crippen molar-refractivity contribution in [2.75, 3.05) is 0 Å². The van der Waals surface area contributed by atoms with E-state index in [0.29, 0.717) is 12.2 Å². The zero-order valence-corrected chi connectivity index (χ0v) is 14.3. The quantitative estimate of drug-likeness (QED) is 0.786. The number of halogens is 1. The molecule has 0 aliphatic heterocycles. The summed E-state index contributed by atoms with van der Waals surface area (Å²) in [6, 6.07) is 9.96. The summed E-state index contributed by atoms with van der Waals surface area (Å²) in [6.07, 6.45) is 7.25. The highest BCUT2D eigenvalue weighted by atomic mass is 19.1. The summed E-state index contributed by atoms with van der Waals surface area (Å²) in [5, 5.41) is 7.50. The first-order chi connectivity index (χ1) is 12.7. The largest absolute Gasteiger partial charge is 0.346 e. The van der Waals surface area contributed by atoms with Crippen molar-refractivity contribution in [3.8, 4) is 5.69 Å². The van der Waals surface area contributed by atoms with Gasteiger partial charge in [0.15, 0.2) is 5.69 Å². The van der Waals surface area contributed by atoms with Crippen LogP contribution in [0.15, 0.2) is 48.8 Å². The van der Waals surface area contributed by atoms with Crippen LogP contribution in [-0.2, 0) is 19.4 Å². The van der Waals surface area contributed by atoms with E-state index in [1.165, 1.54) is 12.1 Å². The Balaban J connectivity index is 1.63. The first-order valence-corrected chi connectivity index (χ1v) is 8.76. The molecular formula is C20H19FN4O. The molecule has 0 saturated heterocycles. The highest BCUT2D eigenvalue weighted by molar-refractivity contribution is 5.94. The number of rotatable bonds is 4. The summed E-state index contributed by atoms with van der Waals surface area (Å²) in [5.41, 5.74) is 4.23. The maximum atomic E-state index is 13.2. The second-order valence-electron chi connectivity index (χ2n) is 6.41. The molecule has 0 saturated carbocycles. The topological polar surface area (TPSA) is 59.8 Å². The van der Waals surface area contributed by atoms with Gasteiger partial charge in [-0.15, -0.1) is 0 Å². The maximum Gasteiger partial charge on any atom is 0.272 e. The summed E-state index contributed by atoms with van der Waals surface area (Å²) in [5.74, 6) is -0.475. The average Bonchev–Trinajstić information content (AvgIpc) is 3.07. The third-order valence-electron chi connectivity index (χ3n) is 4.64.